The van der Waals surface area contributed by atoms with E-state index in [2.05, 4.69) is 34.5 Å². The second kappa shape index (κ2) is 10.6. The Labute approximate surface area is 148 Å². The number of thiazole rings is 1. The highest BCUT2D eigenvalue weighted by molar-refractivity contribution is 7.11. The summed E-state index contributed by atoms with van der Waals surface area (Å²) in [7, 11) is 0. The molecule has 1 heterocycles. The summed E-state index contributed by atoms with van der Waals surface area (Å²) in [6, 6.07) is 9.83. The SMILES string of the molecule is CCNC(=NCCc1ncc(CC)s1)NCCOc1ccccc1. The van der Waals surface area contributed by atoms with Gasteiger partial charge in [-0.1, -0.05) is 25.1 Å². The van der Waals surface area contributed by atoms with Gasteiger partial charge >= 0.3 is 0 Å². The smallest absolute Gasteiger partial charge is 0.191 e. The maximum absolute atomic E-state index is 5.67. The van der Waals surface area contributed by atoms with Crippen molar-refractivity contribution in [3.8, 4) is 5.75 Å². The Morgan fingerprint density at radius 3 is 2.75 bits per heavy atom. The van der Waals surface area contributed by atoms with E-state index in [1.54, 1.807) is 11.3 Å². The molecule has 130 valence electrons. The van der Waals surface area contributed by atoms with Gasteiger partial charge in [-0.05, 0) is 25.5 Å². The average molecular weight is 347 g/mol. The first-order valence-electron chi connectivity index (χ1n) is 8.45. The van der Waals surface area contributed by atoms with E-state index in [0.29, 0.717) is 13.2 Å². The minimum absolute atomic E-state index is 0.598. The number of para-hydroxylation sites is 1. The molecule has 0 atom stereocenters. The summed E-state index contributed by atoms with van der Waals surface area (Å²) in [4.78, 5) is 10.4. The lowest BCUT2D eigenvalue weighted by molar-refractivity contribution is 0.322. The zero-order chi connectivity index (χ0) is 17.0. The largest absolute Gasteiger partial charge is 0.492 e. The van der Waals surface area contributed by atoms with Crippen molar-refractivity contribution in [2.45, 2.75) is 26.7 Å². The molecular weight excluding hydrogens is 320 g/mol. The van der Waals surface area contributed by atoms with Crippen LogP contribution >= 0.6 is 11.3 Å². The van der Waals surface area contributed by atoms with E-state index in [1.165, 1.54) is 4.88 Å². The third-order valence-electron chi connectivity index (χ3n) is 3.30. The predicted molar refractivity (Wildman–Crippen MR) is 101 cm³/mol. The number of benzene rings is 1. The topological polar surface area (TPSA) is 58.5 Å². The van der Waals surface area contributed by atoms with Gasteiger partial charge < -0.3 is 15.4 Å². The van der Waals surface area contributed by atoms with E-state index in [1.807, 2.05) is 36.5 Å². The van der Waals surface area contributed by atoms with Gasteiger partial charge in [-0.3, -0.25) is 4.99 Å². The second-order valence-corrected chi connectivity index (χ2v) is 6.37. The number of ether oxygens (including phenoxy) is 1. The van der Waals surface area contributed by atoms with Crippen LogP contribution < -0.4 is 15.4 Å². The molecule has 24 heavy (non-hydrogen) atoms. The zero-order valence-corrected chi connectivity index (χ0v) is 15.2. The lowest BCUT2D eigenvalue weighted by Gasteiger charge is -2.12. The van der Waals surface area contributed by atoms with E-state index in [9.17, 15) is 0 Å². The summed E-state index contributed by atoms with van der Waals surface area (Å²) in [6.07, 6.45) is 3.89. The lowest BCUT2D eigenvalue weighted by atomic mass is 10.3. The van der Waals surface area contributed by atoms with Crippen molar-refractivity contribution in [3.63, 3.8) is 0 Å². The molecule has 0 bridgehead atoms. The van der Waals surface area contributed by atoms with Crippen molar-refractivity contribution in [2.24, 2.45) is 4.99 Å². The second-order valence-electron chi connectivity index (χ2n) is 5.17. The molecule has 2 aromatic rings. The summed E-state index contributed by atoms with van der Waals surface area (Å²) < 4.78 is 5.67. The predicted octanol–water partition coefficient (Wildman–Crippen LogP) is 2.88. The highest BCUT2D eigenvalue weighted by atomic mass is 32.1. The maximum Gasteiger partial charge on any atom is 0.191 e. The molecule has 2 N–H and O–H groups in total. The maximum atomic E-state index is 5.67. The third-order valence-corrected chi connectivity index (χ3v) is 4.50. The van der Waals surface area contributed by atoms with Gasteiger partial charge in [0.15, 0.2) is 5.96 Å². The van der Waals surface area contributed by atoms with Crippen LogP contribution in [0.15, 0.2) is 41.5 Å². The Balaban J connectivity index is 1.71. The fraction of sp³-hybridized carbons (Fsp3) is 0.444. The Morgan fingerprint density at radius 1 is 1.21 bits per heavy atom. The Morgan fingerprint density at radius 2 is 2.04 bits per heavy atom. The third kappa shape index (κ3) is 6.58. The molecule has 1 aromatic carbocycles. The standard InChI is InChI=1S/C18H26N4OS/c1-3-16-14-22-17(24-16)10-11-20-18(19-4-2)21-12-13-23-15-8-6-5-7-9-15/h5-9,14H,3-4,10-13H2,1-2H3,(H2,19,20,21). The van der Waals surface area contributed by atoms with Crippen molar-refractivity contribution in [1.29, 1.82) is 0 Å². The van der Waals surface area contributed by atoms with Crippen LogP contribution in [0.1, 0.15) is 23.7 Å². The molecule has 0 radical (unpaired) electrons. The summed E-state index contributed by atoms with van der Waals surface area (Å²) in [6.45, 7) is 7.08. The summed E-state index contributed by atoms with van der Waals surface area (Å²) in [5, 5.41) is 7.69. The van der Waals surface area contributed by atoms with Gasteiger partial charge in [-0.25, -0.2) is 4.98 Å². The minimum Gasteiger partial charge on any atom is -0.492 e. The number of aliphatic imine (C=N–C) groups is 1. The molecule has 0 amide bonds. The number of nitrogens with zero attached hydrogens (tertiary/aromatic N) is 2. The molecule has 0 fully saturated rings. The van der Waals surface area contributed by atoms with Crippen LogP contribution in [-0.4, -0.2) is 37.2 Å². The first-order chi connectivity index (χ1) is 11.8. The van der Waals surface area contributed by atoms with E-state index in [-0.39, 0.29) is 0 Å². The van der Waals surface area contributed by atoms with Crippen LogP contribution in [0.4, 0.5) is 0 Å². The number of nitrogens with one attached hydrogen (secondary N) is 2. The van der Waals surface area contributed by atoms with Gasteiger partial charge in [0.05, 0.1) is 11.6 Å². The molecule has 2 rings (SSSR count). The first-order valence-corrected chi connectivity index (χ1v) is 9.27. The van der Waals surface area contributed by atoms with Crippen LogP contribution in [0.2, 0.25) is 0 Å². The minimum atomic E-state index is 0.598. The molecule has 0 unspecified atom stereocenters. The van der Waals surface area contributed by atoms with Crippen LogP contribution in [-0.2, 0) is 12.8 Å². The molecule has 6 heteroatoms. The van der Waals surface area contributed by atoms with Gasteiger partial charge in [0, 0.05) is 30.6 Å². The van der Waals surface area contributed by atoms with E-state index >= 15 is 0 Å². The van der Waals surface area contributed by atoms with Crippen LogP contribution in [0.3, 0.4) is 0 Å². The highest BCUT2D eigenvalue weighted by Crippen LogP contribution is 2.13. The normalized spacial score (nSPS) is 11.3. The fourth-order valence-electron chi connectivity index (χ4n) is 2.09. The molecular formula is C18H26N4OS. The molecule has 0 saturated heterocycles. The number of hydrogen-bond acceptors (Lipinski definition) is 4. The molecule has 0 aliphatic heterocycles. The summed E-state index contributed by atoms with van der Waals surface area (Å²) in [5.41, 5.74) is 0. The Kier molecular flexibility index (Phi) is 8.10. The summed E-state index contributed by atoms with van der Waals surface area (Å²) in [5.74, 6) is 1.71. The van der Waals surface area contributed by atoms with Crippen molar-refractivity contribution < 1.29 is 4.74 Å². The molecule has 0 aliphatic carbocycles. The van der Waals surface area contributed by atoms with Crippen molar-refractivity contribution >= 4 is 17.3 Å². The van der Waals surface area contributed by atoms with Crippen molar-refractivity contribution in [3.05, 3.63) is 46.4 Å². The Hall–Kier alpha value is -2.08. The fourth-order valence-corrected chi connectivity index (χ4v) is 2.94. The van der Waals surface area contributed by atoms with E-state index < -0.39 is 0 Å². The lowest BCUT2D eigenvalue weighted by Crippen LogP contribution is -2.39. The van der Waals surface area contributed by atoms with E-state index in [4.69, 9.17) is 4.74 Å². The van der Waals surface area contributed by atoms with Gasteiger partial charge in [-0.2, -0.15) is 0 Å². The average Bonchev–Trinajstić information content (AvgIpc) is 3.07. The quantitative estimate of drug-likeness (QED) is 0.416. The van der Waals surface area contributed by atoms with Crippen molar-refractivity contribution in [2.75, 3.05) is 26.2 Å². The molecule has 0 aliphatic rings. The molecule has 0 spiro atoms. The zero-order valence-electron chi connectivity index (χ0n) is 14.4. The van der Waals surface area contributed by atoms with Crippen LogP contribution in [0.25, 0.3) is 0 Å². The number of aryl methyl sites for hydroxylation is 1. The Bertz CT molecular complexity index is 612. The first kappa shape index (κ1) is 18.3. The van der Waals surface area contributed by atoms with E-state index in [0.717, 1.165) is 42.6 Å². The van der Waals surface area contributed by atoms with Crippen LogP contribution in [0.5, 0.6) is 5.75 Å². The summed E-state index contributed by atoms with van der Waals surface area (Å²) >= 11 is 1.78. The highest BCUT2D eigenvalue weighted by Gasteiger charge is 2.01. The molecule has 0 saturated carbocycles. The van der Waals surface area contributed by atoms with Gasteiger partial charge in [0.1, 0.15) is 12.4 Å². The van der Waals surface area contributed by atoms with Gasteiger partial charge in [0.2, 0.25) is 0 Å². The van der Waals surface area contributed by atoms with Crippen molar-refractivity contribution in [1.82, 2.24) is 15.6 Å². The molecule has 1 aromatic heterocycles. The molecule has 5 nitrogen and oxygen atoms in total. The van der Waals surface area contributed by atoms with Gasteiger partial charge in [-0.15, -0.1) is 11.3 Å². The monoisotopic (exact) mass is 346 g/mol. The van der Waals surface area contributed by atoms with Gasteiger partial charge in [0.25, 0.3) is 0 Å². The number of hydrogen-bond donors (Lipinski definition) is 2. The number of guanidine groups is 1. The number of aromatic nitrogens is 1. The van der Waals surface area contributed by atoms with Crippen LogP contribution in [0, 0.1) is 0 Å². The number of rotatable bonds is 9.